The number of carbonyl (C=O) groups is 2. The summed E-state index contributed by atoms with van der Waals surface area (Å²) in [5, 5.41) is 24.5. The fraction of sp³-hybridized carbons (Fsp3) is 0.125. The zero-order valence-corrected chi connectivity index (χ0v) is 13.5. The highest BCUT2D eigenvalue weighted by molar-refractivity contribution is 6.46. The molecule has 9 nitrogen and oxygen atoms in total. The number of amides is 2. The molecule has 1 unspecified atom stereocenters. The molecule has 0 spiro atoms. The summed E-state index contributed by atoms with van der Waals surface area (Å²) in [5.74, 6) is -3.08. The molecule has 3 rings (SSSR count). The summed E-state index contributed by atoms with van der Waals surface area (Å²) in [6.45, 7) is 0. The number of nitrogens with one attached hydrogen (secondary N) is 2. The lowest BCUT2D eigenvalue weighted by Gasteiger charge is -2.17. The second-order valence-corrected chi connectivity index (χ2v) is 5.54. The molecule has 0 aliphatic heterocycles. The van der Waals surface area contributed by atoms with Gasteiger partial charge in [0.2, 0.25) is 0 Å². The number of para-hydroxylation sites is 1. The van der Waals surface area contributed by atoms with E-state index in [2.05, 4.69) is 20.6 Å². The number of carbonyl (C=O) groups excluding carboxylic acids is 2. The van der Waals surface area contributed by atoms with Crippen LogP contribution in [-0.2, 0) is 16.0 Å². The normalized spacial score (nSPS) is 11.8. The molecule has 2 amide bonds. The van der Waals surface area contributed by atoms with Crippen molar-refractivity contribution in [3.8, 4) is 0 Å². The smallest absolute Gasteiger partial charge is 0.464 e. The SMILES string of the molecule is O=C(Nc1cncnc1)C(=O)NC(Cc1coc2ccccc12)B(O)O. The van der Waals surface area contributed by atoms with Gasteiger partial charge < -0.3 is 25.1 Å². The molecule has 0 saturated carbocycles. The highest BCUT2D eigenvalue weighted by Crippen LogP contribution is 2.22. The zero-order valence-electron chi connectivity index (χ0n) is 13.5. The van der Waals surface area contributed by atoms with Crippen molar-refractivity contribution in [2.24, 2.45) is 0 Å². The topological polar surface area (TPSA) is 138 Å². The van der Waals surface area contributed by atoms with Crippen molar-refractivity contribution >= 4 is 35.6 Å². The number of aromatic nitrogens is 2. The van der Waals surface area contributed by atoms with Crippen LogP contribution in [-0.4, -0.2) is 44.9 Å². The fourth-order valence-corrected chi connectivity index (χ4v) is 2.44. The molecule has 132 valence electrons. The van der Waals surface area contributed by atoms with Crippen LogP contribution in [0.25, 0.3) is 11.0 Å². The number of anilines is 1. The Labute approximate surface area is 148 Å². The van der Waals surface area contributed by atoms with Gasteiger partial charge in [-0.15, -0.1) is 0 Å². The molecule has 0 aliphatic carbocycles. The Morgan fingerprint density at radius 1 is 1.15 bits per heavy atom. The van der Waals surface area contributed by atoms with E-state index < -0.39 is 24.9 Å². The Morgan fingerprint density at radius 3 is 2.62 bits per heavy atom. The second-order valence-electron chi connectivity index (χ2n) is 5.54. The molecule has 2 aromatic heterocycles. The Bertz CT molecular complexity index is 915. The summed E-state index contributed by atoms with van der Waals surface area (Å²) in [5.41, 5.74) is 1.56. The molecular weight excluding hydrogens is 339 g/mol. The van der Waals surface area contributed by atoms with Gasteiger partial charge in [0.1, 0.15) is 11.9 Å². The van der Waals surface area contributed by atoms with Crippen LogP contribution in [0.15, 0.2) is 53.7 Å². The van der Waals surface area contributed by atoms with Crippen molar-refractivity contribution in [2.45, 2.75) is 12.4 Å². The average molecular weight is 354 g/mol. The van der Waals surface area contributed by atoms with Gasteiger partial charge in [-0.3, -0.25) is 9.59 Å². The molecule has 26 heavy (non-hydrogen) atoms. The average Bonchev–Trinajstić information content (AvgIpc) is 3.05. The number of rotatable bonds is 5. The van der Waals surface area contributed by atoms with E-state index in [1.165, 1.54) is 25.0 Å². The Balaban J connectivity index is 1.68. The molecule has 1 aromatic carbocycles. The first kappa shape index (κ1) is 17.6. The maximum absolute atomic E-state index is 12.0. The summed E-state index contributed by atoms with van der Waals surface area (Å²) in [4.78, 5) is 31.4. The largest absolute Gasteiger partial charge is 0.475 e. The molecule has 4 N–H and O–H groups in total. The van der Waals surface area contributed by atoms with Gasteiger partial charge >= 0.3 is 18.9 Å². The molecule has 2 heterocycles. The van der Waals surface area contributed by atoms with E-state index in [0.29, 0.717) is 11.1 Å². The number of fused-ring (bicyclic) bond motifs is 1. The number of benzene rings is 1. The van der Waals surface area contributed by atoms with Crippen molar-refractivity contribution in [1.29, 1.82) is 0 Å². The third kappa shape index (κ3) is 4.05. The number of hydrogen-bond acceptors (Lipinski definition) is 7. The van der Waals surface area contributed by atoms with Crippen molar-refractivity contribution in [3.63, 3.8) is 0 Å². The van der Waals surface area contributed by atoms with Crippen LogP contribution >= 0.6 is 0 Å². The van der Waals surface area contributed by atoms with E-state index in [-0.39, 0.29) is 12.1 Å². The lowest BCUT2D eigenvalue weighted by atomic mass is 9.76. The summed E-state index contributed by atoms with van der Waals surface area (Å²) in [6, 6.07) is 7.23. The van der Waals surface area contributed by atoms with E-state index >= 15 is 0 Å². The van der Waals surface area contributed by atoms with Crippen LogP contribution in [0.2, 0.25) is 0 Å². The van der Waals surface area contributed by atoms with Crippen molar-refractivity contribution in [2.75, 3.05) is 5.32 Å². The van der Waals surface area contributed by atoms with Gasteiger partial charge in [-0.2, -0.15) is 0 Å². The predicted octanol–water partition coefficient (Wildman–Crippen LogP) is -0.0992. The van der Waals surface area contributed by atoms with Gasteiger partial charge in [-0.1, -0.05) is 18.2 Å². The van der Waals surface area contributed by atoms with Crippen LogP contribution in [0, 0.1) is 0 Å². The van der Waals surface area contributed by atoms with Crippen molar-refractivity contribution in [3.05, 3.63) is 54.8 Å². The maximum atomic E-state index is 12.0. The minimum Gasteiger partial charge on any atom is -0.464 e. The lowest BCUT2D eigenvalue weighted by molar-refractivity contribution is -0.136. The number of nitrogens with zero attached hydrogens (tertiary/aromatic N) is 2. The monoisotopic (exact) mass is 354 g/mol. The molecule has 0 bridgehead atoms. The van der Waals surface area contributed by atoms with Gasteiger partial charge in [0.15, 0.2) is 0 Å². The van der Waals surface area contributed by atoms with E-state index in [1.807, 2.05) is 18.2 Å². The van der Waals surface area contributed by atoms with Crippen molar-refractivity contribution < 1.29 is 24.1 Å². The first-order chi connectivity index (χ1) is 12.5. The van der Waals surface area contributed by atoms with Gasteiger partial charge in [0.05, 0.1) is 30.3 Å². The highest BCUT2D eigenvalue weighted by atomic mass is 16.4. The molecule has 0 fully saturated rings. The maximum Gasteiger partial charge on any atom is 0.475 e. The molecular formula is C16H15BN4O5. The summed E-state index contributed by atoms with van der Waals surface area (Å²) < 4.78 is 5.39. The molecule has 10 heteroatoms. The Kier molecular flexibility index (Phi) is 5.25. The predicted molar refractivity (Wildman–Crippen MR) is 92.7 cm³/mol. The highest BCUT2D eigenvalue weighted by Gasteiger charge is 2.29. The summed E-state index contributed by atoms with van der Waals surface area (Å²) >= 11 is 0. The molecule has 3 aromatic rings. The first-order valence-corrected chi connectivity index (χ1v) is 7.72. The molecule has 0 radical (unpaired) electrons. The summed E-state index contributed by atoms with van der Waals surface area (Å²) in [6.07, 6.45) is 5.49. The fourth-order valence-electron chi connectivity index (χ4n) is 2.44. The van der Waals surface area contributed by atoms with Gasteiger partial charge in [0.25, 0.3) is 0 Å². The minimum absolute atomic E-state index is 0.0716. The van der Waals surface area contributed by atoms with Gasteiger partial charge in [0, 0.05) is 5.39 Å². The minimum atomic E-state index is -1.86. The van der Waals surface area contributed by atoms with E-state index in [9.17, 15) is 19.6 Å². The third-order valence-corrected chi connectivity index (χ3v) is 3.70. The molecule has 1 atom stereocenters. The number of hydrogen-bond donors (Lipinski definition) is 4. The first-order valence-electron chi connectivity index (χ1n) is 7.72. The van der Waals surface area contributed by atoms with Crippen molar-refractivity contribution in [1.82, 2.24) is 15.3 Å². The molecule has 0 aliphatic rings. The lowest BCUT2D eigenvalue weighted by Crippen LogP contribution is -2.51. The Hall–Kier alpha value is -3.24. The zero-order chi connectivity index (χ0) is 18.5. The molecule has 0 saturated heterocycles. The van der Waals surface area contributed by atoms with E-state index in [4.69, 9.17) is 4.42 Å². The van der Waals surface area contributed by atoms with Gasteiger partial charge in [-0.05, 0) is 18.1 Å². The van der Waals surface area contributed by atoms with Crippen LogP contribution in [0.5, 0.6) is 0 Å². The Morgan fingerprint density at radius 2 is 1.88 bits per heavy atom. The van der Waals surface area contributed by atoms with E-state index in [0.717, 1.165) is 5.39 Å². The standard InChI is InChI=1S/C16H15BN4O5/c22-15(20-11-6-18-9-19-7-11)16(23)21-14(17(24)25)5-10-8-26-13-4-2-1-3-12(10)13/h1-4,6-9,14,24-25H,5H2,(H,20,22)(H,21,23). The van der Waals surface area contributed by atoms with Crippen LogP contribution in [0.3, 0.4) is 0 Å². The van der Waals surface area contributed by atoms with Gasteiger partial charge in [-0.25, -0.2) is 9.97 Å². The quantitative estimate of drug-likeness (QED) is 0.371. The second kappa shape index (κ2) is 7.76. The third-order valence-electron chi connectivity index (χ3n) is 3.70. The van der Waals surface area contributed by atoms with Crippen LogP contribution < -0.4 is 10.6 Å². The van der Waals surface area contributed by atoms with Crippen LogP contribution in [0.1, 0.15) is 5.56 Å². The number of furan rings is 1. The van der Waals surface area contributed by atoms with Crippen LogP contribution in [0.4, 0.5) is 5.69 Å². The van der Waals surface area contributed by atoms with E-state index in [1.54, 1.807) is 6.07 Å². The summed E-state index contributed by atoms with van der Waals surface area (Å²) in [7, 11) is -1.86.